The van der Waals surface area contributed by atoms with Crippen molar-refractivity contribution in [1.82, 2.24) is 9.55 Å². The zero-order valence-corrected chi connectivity index (χ0v) is 13.0. The Morgan fingerprint density at radius 3 is 2.88 bits per heavy atom. The normalized spacial score (nSPS) is 17.7. The van der Waals surface area contributed by atoms with Gasteiger partial charge in [-0.1, -0.05) is 12.1 Å². The minimum Gasteiger partial charge on any atom is -0.486 e. The molecule has 24 heavy (non-hydrogen) atoms. The van der Waals surface area contributed by atoms with E-state index in [0.29, 0.717) is 29.0 Å². The Morgan fingerprint density at radius 1 is 1.25 bits per heavy atom. The molecule has 0 unspecified atom stereocenters. The lowest BCUT2D eigenvalue weighted by Crippen LogP contribution is -2.39. The number of hydrogen-bond donors (Lipinski definition) is 0. The van der Waals surface area contributed by atoms with Gasteiger partial charge >= 0.3 is 0 Å². The fourth-order valence-electron chi connectivity index (χ4n) is 2.85. The van der Waals surface area contributed by atoms with Gasteiger partial charge in [0.05, 0.1) is 23.3 Å². The molecular formula is C18H15FN2O3. The number of ether oxygens (including phenoxy) is 2. The number of halogens is 1. The smallest absolute Gasteiger partial charge is 0.261 e. The fourth-order valence-corrected chi connectivity index (χ4v) is 2.85. The first-order valence-electron chi connectivity index (χ1n) is 7.68. The summed E-state index contributed by atoms with van der Waals surface area (Å²) in [7, 11) is 0. The van der Waals surface area contributed by atoms with Crippen molar-refractivity contribution in [2.45, 2.75) is 19.1 Å². The number of para-hydroxylation sites is 2. The van der Waals surface area contributed by atoms with Crippen molar-refractivity contribution in [2.24, 2.45) is 0 Å². The molecule has 0 saturated heterocycles. The summed E-state index contributed by atoms with van der Waals surface area (Å²) in [5.41, 5.74) is 0.115. The maximum absolute atomic E-state index is 13.3. The molecule has 1 aliphatic heterocycles. The molecule has 0 bridgehead atoms. The molecule has 4 rings (SSSR count). The topological polar surface area (TPSA) is 53.4 Å². The van der Waals surface area contributed by atoms with E-state index >= 15 is 0 Å². The predicted molar refractivity (Wildman–Crippen MR) is 87.0 cm³/mol. The highest BCUT2D eigenvalue weighted by atomic mass is 19.1. The lowest BCUT2D eigenvalue weighted by molar-refractivity contribution is 0.0559. The second-order valence-electron chi connectivity index (χ2n) is 5.77. The standard InChI is InChI=1S/C18H15FN2O3/c1-11(17-9-23-15-4-2-3-5-16(15)24-17)21-10-20-14-8-12(19)6-7-13(14)18(21)22/h2-8,10-11,17H,9H2,1H3/t11-,17-/m1/s1. The first-order chi connectivity index (χ1) is 11.6. The number of fused-ring (bicyclic) bond motifs is 2. The van der Waals surface area contributed by atoms with E-state index in [0.717, 1.165) is 0 Å². The summed E-state index contributed by atoms with van der Waals surface area (Å²) < 4.78 is 26.4. The van der Waals surface area contributed by atoms with Crippen LogP contribution in [0.3, 0.4) is 0 Å². The molecule has 5 nitrogen and oxygen atoms in total. The Morgan fingerprint density at radius 2 is 2.04 bits per heavy atom. The van der Waals surface area contributed by atoms with E-state index in [-0.39, 0.29) is 17.7 Å². The summed E-state index contributed by atoms with van der Waals surface area (Å²) in [4.78, 5) is 16.9. The number of rotatable bonds is 2. The first-order valence-corrected chi connectivity index (χ1v) is 7.68. The molecule has 3 aromatic rings. The molecule has 1 aliphatic rings. The van der Waals surface area contributed by atoms with E-state index in [4.69, 9.17) is 9.47 Å². The van der Waals surface area contributed by atoms with Crippen LogP contribution in [0.15, 0.2) is 53.6 Å². The van der Waals surface area contributed by atoms with Gasteiger partial charge in [0.25, 0.3) is 5.56 Å². The van der Waals surface area contributed by atoms with Gasteiger partial charge in [0.2, 0.25) is 0 Å². The van der Waals surface area contributed by atoms with E-state index < -0.39 is 5.82 Å². The highest BCUT2D eigenvalue weighted by molar-refractivity contribution is 5.77. The van der Waals surface area contributed by atoms with Crippen LogP contribution < -0.4 is 15.0 Å². The second kappa shape index (κ2) is 5.63. The van der Waals surface area contributed by atoms with Crippen LogP contribution in [0.1, 0.15) is 13.0 Å². The van der Waals surface area contributed by atoms with Gasteiger partial charge < -0.3 is 9.47 Å². The van der Waals surface area contributed by atoms with Gasteiger partial charge in [0.15, 0.2) is 17.6 Å². The van der Waals surface area contributed by atoms with Gasteiger partial charge in [-0.3, -0.25) is 9.36 Å². The SMILES string of the molecule is C[C@H]([C@H]1COc2ccccc2O1)n1cnc2cc(F)ccc2c1=O. The van der Waals surface area contributed by atoms with Gasteiger partial charge in [-0.25, -0.2) is 9.37 Å². The zero-order chi connectivity index (χ0) is 16.7. The quantitative estimate of drug-likeness (QED) is 0.726. The molecule has 0 spiro atoms. The molecule has 0 N–H and O–H groups in total. The Labute approximate surface area is 137 Å². The third-order valence-corrected chi connectivity index (χ3v) is 4.25. The van der Waals surface area contributed by atoms with Crippen LogP contribution in [0.2, 0.25) is 0 Å². The molecule has 2 heterocycles. The van der Waals surface area contributed by atoms with E-state index in [1.54, 1.807) is 0 Å². The van der Waals surface area contributed by atoms with Crippen LogP contribution in [0, 0.1) is 5.82 Å². The van der Waals surface area contributed by atoms with Gasteiger partial charge in [-0.15, -0.1) is 0 Å². The van der Waals surface area contributed by atoms with Crippen LogP contribution in [0.25, 0.3) is 10.9 Å². The maximum Gasteiger partial charge on any atom is 0.261 e. The summed E-state index contributed by atoms with van der Waals surface area (Å²) in [6, 6.07) is 11.1. The number of aromatic nitrogens is 2. The molecule has 0 fully saturated rings. The summed E-state index contributed by atoms with van der Waals surface area (Å²) >= 11 is 0. The molecular weight excluding hydrogens is 311 g/mol. The Bertz CT molecular complexity index is 970. The third-order valence-electron chi connectivity index (χ3n) is 4.25. The van der Waals surface area contributed by atoms with E-state index in [9.17, 15) is 9.18 Å². The molecule has 0 aliphatic carbocycles. The van der Waals surface area contributed by atoms with Gasteiger partial charge in [-0.05, 0) is 31.2 Å². The summed E-state index contributed by atoms with van der Waals surface area (Å²) in [6.07, 6.45) is 1.11. The van der Waals surface area contributed by atoms with Crippen LogP contribution in [0.5, 0.6) is 11.5 Å². The van der Waals surface area contributed by atoms with Crippen molar-refractivity contribution in [3.8, 4) is 11.5 Å². The van der Waals surface area contributed by atoms with E-state index in [2.05, 4.69) is 4.98 Å². The third kappa shape index (κ3) is 2.40. The van der Waals surface area contributed by atoms with Crippen LogP contribution in [-0.4, -0.2) is 22.3 Å². The molecule has 0 amide bonds. The predicted octanol–water partition coefficient (Wildman–Crippen LogP) is 2.94. The first kappa shape index (κ1) is 14.7. The lowest BCUT2D eigenvalue weighted by atomic mass is 10.1. The van der Waals surface area contributed by atoms with Crippen molar-refractivity contribution in [1.29, 1.82) is 0 Å². The van der Waals surface area contributed by atoms with Crippen LogP contribution in [-0.2, 0) is 0 Å². The molecule has 2 atom stereocenters. The van der Waals surface area contributed by atoms with E-state index in [1.807, 2.05) is 31.2 Å². The van der Waals surface area contributed by atoms with Crippen molar-refractivity contribution < 1.29 is 13.9 Å². The zero-order valence-electron chi connectivity index (χ0n) is 13.0. The highest BCUT2D eigenvalue weighted by Crippen LogP contribution is 2.33. The largest absolute Gasteiger partial charge is 0.486 e. The molecule has 122 valence electrons. The van der Waals surface area contributed by atoms with Gasteiger partial charge in [0, 0.05) is 6.07 Å². The Hall–Kier alpha value is -2.89. The molecule has 1 aromatic heterocycles. The number of nitrogens with zero attached hydrogens (tertiary/aromatic N) is 2. The molecule has 0 saturated carbocycles. The van der Waals surface area contributed by atoms with Crippen LogP contribution >= 0.6 is 0 Å². The minimum atomic E-state index is -0.416. The summed E-state index contributed by atoms with van der Waals surface area (Å²) in [5.74, 6) is 0.936. The fraction of sp³-hybridized carbons (Fsp3) is 0.222. The average molecular weight is 326 g/mol. The second-order valence-corrected chi connectivity index (χ2v) is 5.77. The number of benzene rings is 2. The van der Waals surface area contributed by atoms with Crippen molar-refractivity contribution in [3.63, 3.8) is 0 Å². The molecule has 6 heteroatoms. The van der Waals surface area contributed by atoms with Crippen LogP contribution in [0.4, 0.5) is 4.39 Å². The Kier molecular flexibility index (Phi) is 3.45. The maximum atomic E-state index is 13.3. The lowest BCUT2D eigenvalue weighted by Gasteiger charge is -2.31. The van der Waals surface area contributed by atoms with Crippen molar-refractivity contribution in [2.75, 3.05) is 6.61 Å². The summed E-state index contributed by atoms with van der Waals surface area (Å²) in [5, 5.41) is 0.378. The summed E-state index contributed by atoms with van der Waals surface area (Å²) in [6.45, 7) is 2.21. The molecule has 0 radical (unpaired) electrons. The van der Waals surface area contributed by atoms with Crippen molar-refractivity contribution in [3.05, 3.63) is 65.0 Å². The number of hydrogen-bond acceptors (Lipinski definition) is 4. The van der Waals surface area contributed by atoms with E-state index in [1.165, 1.54) is 29.1 Å². The average Bonchev–Trinajstić information content (AvgIpc) is 2.61. The molecule has 2 aromatic carbocycles. The van der Waals surface area contributed by atoms with Gasteiger partial charge in [-0.2, -0.15) is 0 Å². The van der Waals surface area contributed by atoms with Gasteiger partial charge in [0.1, 0.15) is 12.4 Å². The monoisotopic (exact) mass is 326 g/mol. The Balaban J connectivity index is 1.69. The minimum absolute atomic E-state index is 0.227. The van der Waals surface area contributed by atoms with Crippen molar-refractivity contribution >= 4 is 10.9 Å². The highest BCUT2D eigenvalue weighted by Gasteiger charge is 2.28.